The molecule has 2 aromatic rings. The number of ketones is 1. The smallest absolute Gasteiger partial charge is 0.206 e. The second-order valence-electron chi connectivity index (χ2n) is 3.33. The van der Waals surface area contributed by atoms with E-state index in [0.29, 0.717) is 10.6 Å². The first-order valence-corrected chi connectivity index (χ1v) is 5.37. The Morgan fingerprint density at radius 2 is 2.00 bits per heavy atom. The van der Waals surface area contributed by atoms with Gasteiger partial charge in [-0.2, -0.15) is 0 Å². The average molecular weight is 218 g/mol. The van der Waals surface area contributed by atoms with Gasteiger partial charge < -0.3 is 0 Å². The molecule has 1 aromatic heterocycles. The predicted molar refractivity (Wildman–Crippen MR) is 59.3 cm³/mol. The van der Waals surface area contributed by atoms with E-state index in [9.17, 15) is 4.79 Å². The van der Waals surface area contributed by atoms with Gasteiger partial charge in [0.05, 0.1) is 5.69 Å². The fraction of sp³-hybridized carbons (Fsp3) is 0.182. The van der Waals surface area contributed by atoms with E-state index in [0.717, 1.165) is 22.7 Å². The lowest BCUT2D eigenvalue weighted by molar-refractivity contribution is 0.104. The molecular weight excluding hydrogens is 208 g/mol. The van der Waals surface area contributed by atoms with Gasteiger partial charge in [-0.1, -0.05) is 28.8 Å². The van der Waals surface area contributed by atoms with Gasteiger partial charge in [0.2, 0.25) is 5.78 Å². The quantitative estimate of drug-likeness (QED) is 0.727. The predicted octanol–water partition coefficient (Wildman–Crippen LogP) is 2.39. The van der Waals surface area contributed by atoms with Crippen LogP contribution in [0.2, 0.25) is 0 Å². The lowest BCUT2D eigenvalue weighted by Gasteiger charge is -2.01. The maximum Gasteiger partial charge on any atom is 0.206 e. The van der Waals surface area contributed by atoms with Crippen molar-refractivity contribution in [2.45, 2.75) is 13.8 Å². The third-order valence-corrected chi connectivity index (χ3v) is 3.07. The fourth-order valence-corrected chi connectivity index (χ4v) is 2.00. The number of aryl methyl sites for hydroxylation is 2. The maximum atomic E-state index is 12.1. The van der Waals surface area contributed by atoms with E-state index in [-0.39, 0.29) is 5.78 Å². The monoisotopic (exact) mass is 218 g/mol. The Kier molecular flexibility index (Phi) is 2.60. The zero-order valence-electron chi connectivity index (χ0n) is 8.52. The number of benzene rings is 1. The van der Waals surface area contributed by atoms with E-state index >= 15 is 0 Å². The minimum Gasteiger partial charge on any atom is -0.288 e. The van der Waals surface area contributed by atoms with Crippen LogP contribution in [0, 0.1) is 13.8 Å². The highest BCUT2D eigenvalue weighted by atomic mass is 32.1. The molecule has 0 saturated carbocycles. The second-order valence-corrected chi connectivity index (χ2v) is 4.09. The van der Waals surface area contributed by atoms with Crippen molar-refractivity contribution in [2.75, 3.05) is 0 Å². The highest BCUT2D eigenvalue weighted by Crippen LogP contribution is 2.17. The Morgan fingerprint density at radius 3 is 2.60 bits per heavy atom. The molecule has 0 aliphatic carbocycles. The van der Waals surface area contributed by atoms with Crippen molar-refractivity contribution < 1.29 is 4.79 Å². The van der Waals surface area contributed by atoms with Gasteiger partial charge in [0, 0.05) is 5.56 Å². The Hall–Kier alpha value is -1.55. The summed E-state index contributed by atoms with van der Waals surface area (Å²) in [4.78, 5) is 12.7. The van der Waals surface area contributed by atoms with Crippen LogP contribution in [-0.2, 0) is 0 Å². The van der Waals surface area contributed by atoms with Crippen molar-refractivity contribution in [2.24, 2.45) is 0 Å². The van der Waals surface area contributed by atoms with Crippen LogP contribution >= 0.6 is 11.5 Å². The summed E-state index contributed by atoms with van der Waals surface area (Å²) in [6.45, 7) is 3.73. The summed E-state index contributed by atoms with van der Waals surface area (Å²) in [6.07, 6.45) is 0. The molecular formula is C11H10N2OS. The summed E-state index contributed by atoms with van der Waals surface area (Å²) in [6, 6.07) is 7.54. The van der Waals surface area contributed by atoms with Crippen LogP contribution in [-0.4, -0.2) is 15.4 Å². The van der Waals surface area contributed by atoms with Crippen LogP contribution in [0.5, 0.6) is 0 Å². The fourth-order valence-electron chi connectivity index (χ4n) is 1.39. The van der Waals surface area contributed by atoms with E-state index in [1.165, 1.54) is 0 Å². The van der Waals surface area contributed by atoms with E-state index in [4.69, 9.17) is 0 Å². The molecule has 3 nitrogen and oxygen atoms in total. The Bertz CT molecular complexity index is 505. The lowest BCUT2D eigenvalue weighted by atomic mass is 10.0. The van der Waals surface area contributed by atoms with Crippen molar-refractivity contribution in [1.29, 1.82) is 0 Å². The molecule has 0 N–H and O–H groups in total. The van der Waals surface area contributed by atoms with Crippen LogP contribution in [0.1, 0.15) is 26.5 Å². The van der Waals surface area contributed by atoms with E-state index in [1.807, 2.05) is 31.2 Å². The molecule has 0 bridgehead atoms. The Balaban J connectivity index is 2.46. The molecule has 0 fully saturated rings. The summed E-state index contributed by atoms with van der Waals surface area (Å²) in [5.41, 5.74) is 2.41. The van der Waals surface area contributed by atoms with Gasteiger partial charge in [-0.05, 0) is 30.9 Å². The minimum atomic E-state index is 0.0144. The van der Waals surface area contributed by atoms with Crippen molar-refractivity contribution in [3.8, 4) is 0 Å². The molecule has 0 saturated heterocycles. The highest BCUT2D eigenvalue weighted by molar-refractivity contribution is 7.08. The van der Waals surface area contributed by atoms with Crippen molar-refractivity contribution in [3.63, 3.8) is 0 Å². The molecule has 0 amide bonds. The molecule has 76 valence electrons. The molecule has 15 heavy (non-hydrogen) atoms. The first kappa shape index (κ1) is 9.98. The van der Waals surface area contributed by atoms with Gasteiger partial charge in [-0.25, -0.2) is 0 Å². The number of carbonyl (C=O) groups excluding carboxylic acids is 1. The highest BCUT2D eigenvalue weighted by Gasteiger charge is 2.16. The van der Waals surface area contributed by atoms with Crippen molar-refractivity contribution in [1.82, 2.24) is 9.59 Å². The summed E-state index contributed by atoms with van der Waals surface area (Å²) in [5.74, 6) is 0.0144. The van der Waals surface area contributed by atoms with Gasteiger partial charge in [-0.15, -0.1) is 5.10 Å². The number of nitrogens with zero attached hydrogens (tertiary/aromatic N) is 2. The second kappa shape index (κ2) is 3.90. The molecule has 0 spiro atoms. The molecule has 1 heterocycles. The van der Waals surface area contributed by atoms with Crippen LogP contribution in [0.25, 0.3) is 0 Å². The molecule has 1 aromatic carbocycles. The van der Waals surface area contributed by atoms with Crippen LogP contribution < -0.4 is 0 Å². The van der Waals surface area contributed by atoms with Crippen molar-refractivity contribution in [3.05, 3.63) is 46.0 Å². The molecule has 0 radical (unpaired) electrons. The van der Waals surface area contributed by atoms with E-state index in [2.05, 4.69) is 9.59 Å². The summed E-state index contributed by atoms with van der Waals surface area (Å²) < 4.78 is 3.77. The number of rotatable bonds is 2. The Labute approximate surface area is 91.9 Å². The molecule has 0 atom stereocenters. The maximum absolute atomic E-state index is 12.1. The van der Waals surface area contributed by atoms with Gasteiger partial charge in [0.1, 0.15) is 4.88 Å². The van der Waals surface area contributed by atoms with Crippen LogP contribution in [0.15, 0.2) is 24.3 Å². The van der Waals surface area contributed by atoms with Crippen LogP contribution in [0.3, 0.4) is 0 Å². The minimum absolute atomic E-state index is 0.0144. The van der Waals surface area contributed by atoms with Gasteiger partial charge in [0.15, 0.2) is 0 Å². The number of aromatic nitrogens is 2. The normalized spacial score (nSPS) is 10.3. The van der Waals surface area contributed by atoms with Gasteiger partial charge in [-0.3, -0.25) is 4.79 Å². The number of carbonyl (C=O) groups is 1. The standard InChI is InChI=1S/C11H10N2OS/c1-7-5-3-4-6-9(7)10(14)11-8(2)12-13-15-11/h3-6H,1-2H3. The zero-order valence-corrected chi connectivity index (χ0v) is 9.34. The Morgan fingerprint density at radius 1 is 1.27 bits per heavy atom. The summed E-state index contributed by atoms with van der Waals surface area (Å²) in [7, 11) is 0. The van der Waals surface area contributed by atoms with E-state index in [1.54, 1.807) is 6.92 Å². The van der Waals surface area contributed by atoms with Gasteiger partial charge in [0.25, 0.3) is 0 Å². The third-order valence-electron chi connectivity index (χ3n) is 2.25. The van der Waals surface area contributed by atoms with Crippen LogP contribution in [0.4, 0.5) is 0 Å². The summed E-state index contributed by atoms with van der Waals surface area (Å²) in [5, 5.41) is 3.84. The third kappa shape index (κ3) is 1.80. The largest absolute Gasteiger partial charge is 0.288 e. The van der Waals surface area contributed by atoms with Gasteiger partial charge >= 0.3 is 0 Å². The average Bonchev–Trinajstić information content (AvgIpc) is 2.64. The number of hydrogen-bond donors (Lipinski definition) is 0. The number of hydrogen-bond acceptors (Lipinski definition) is 4. The molecule has 0 unspecified atom stereocenters. The van der Waals surface area contributed by atoms with E-state index < -0.39 is 0 Å². The first-order chi connectivity index (χ1) is 7.20. The van der Waals surface area contributed by atoms with Crippen molar-refractivity contribution >= 4 is 17.3 Å². The SMILES string of the molecule is Cc1ccccc1C(=O)c1snnc1C. The summed E-state index contributed by atoms with van der Waals surface area (Å²) >= 11 is 1.15. The first-order valence-electron chi connectivity index (χ1n) is 4.59. The molecule has 4 heteroatoms. The molecule has 0 aliphatic heterocycles. The topological polar surface area (TPSA) is 42.9 Å². The lowest BCUT2D eigenvalue weighted by Crippen LogP contribution is -2.02. The molecule has 0 aliphatic rings. The zero-order chi connectivity index (χ0) is 10.8. The molecule has 2 rings (SSSR count).